The van der Waals surface area contributed by atoms with Gasteiger partial charge in [0, 0.05) is 17.7 Å². The molecule has 0 bridgehead atoms. The number of anilines is 1. The van der Waals surface area contributed by atoms with Crippen LogP contribution in [0.4, 0.5) is 15.8 Å². The van der Waals surface area contributed by atoms with E-state index in [-0.39, 0.29) is 40.1 Å². The SMILES string of the molecule is CCOc1cc(/C=N/NC(=O)c2cccc([N+](=O)[O-])c2)cc(Cl)c1OCC(=O)Nc1ccccc1F. The number of hydrazone groups is 1. The molecule has 3 aromatic rings. The van der Waals surface area contributed by atoms with Crippen molar-refractivity contribution in [1.29, 1.82) is 0 Å². The molecule has 0 radical (unpaired) electrons. The maximum Gasteiger partial charge on any atom is 0.271 e. The maximum absolute atomic E-state index is 13.7. The highest BCUT2D eigenvalue weighted by Crippen LogP contribution is 2.36. The fourth-order valence-corrected chi connectivity index (χ4v) is 3.22. The predicted octanol–water partition coefficient (Wildman–Crippen LogP) is 4.57. The highest BCUT2D eigenvalue weighted by atomic mass is 35.5. The van der Waals surface area contributed by atoms with Gasteiger partial charge in [-0.2, -0.15) is 5.10 Å². The molecule has 0 spiro atoms. The van der Waals surface area contributed by atoms with Gasteiger partial charge in [-0.05, 0) is 42.8 Å². The van der Waals surface area contributed by atoms with Crippen LogP contribution in [0.25, 0.3) is 0 Å². The van der Waals surface area contributed by atoms with Gasteiger partial charge in [0.2, 0.25) is 0 Å². The lowest BCUT2D eigenvalue weighted by Crippen LogP contribution is -2.21. The number of benzene rings is 3. The number of rotatable bonds is 10. The van der Waals surface area contributed by atoms with Crippen molar-refractivity contribution in [3.8, 4) is 11.5 Å². The van der Waals surface area contributed by atoms with E-state index < -0.39 is 29.2 Å². The molecule has 12 heteroatoms. The van der Waals surface area contributed by atoms with Crippen molar-refractivity contribution < 1.29 is 28.4 Å². The molecule has 36 heavy (non-hydrogen) atoms. The second kappa shape index (κ2) is 12.3. The van der Waals surface area contributed by atoms with Crippen LogP contribution in [0.3, 0.4) is 0 Å². The Bertz CT molecular complexity index is 1320. The van der Waals surface area contributed by atoms with Crippen LogP contribution in [0.5, 0.6) is 11.5 Å². The number of carbonyl (C=O) groups is 2. The summed E-state index contributed by atoms with van der Waals surface area (Å²) in [5.41, 5.74) is 2.56. The van der Waals surface area contributed by atoms with Gasteiger partial charge in [-0.15, -0.1) is 0 Å². The van der Waals surface area contributed by atoms with E-state index >= 15 is 0 Å². The third-order valence-electron chi connectivity index (χ3n) is 4.53. The van der Waals surface area contributed by atoms with Gasteiger partial charge in [0.05, 0.1) is 28.5 Å². The molecule has 0 unspecified atom stereocenters. The largest absolute Gasteiger partial charge is 0.490 e. The third kappa shape index (κ3) is 7.00. The van der Waals surface area contributed by atoms with Gasteiger partial charge in [0.15, 0.2) is 18.1 Å². The molecule has 0 saturated heterocycles. The number of carbonyl (C=O) groups excluding carboxylic acids is 2. The number of nitrogens with zero attached hydrogens (tertiary/aromatic N) is 2. The van der Waals surface area contributed by atoms with Crippen molar-refractivity contribution in [2.45, 2.75) is 6.92 Å². The van der Waals surface area contributed by atoms with Crippen LogP contribution in [0.1, 0.15) is 22.8 Å². The first kappa shape index (κ1) is 26.1. The summed E-state index contributed by atoms with van der Waals surface area (Å²) in [6, 6.07) is 13.9. The molecule has 0 heterocycles. The number of ether oxygens (including phenoxy) is 2. The van der Waals surface area contributed by atoms with Crippen LogP contribution >= 0.6 is 11.6 Å². The van der Waals surface area contributed by atoms with Gasteiger partial charge in [0.25, 0.3) is 17.5 Å². The van der Waals surface area contributed by atoms with E-state index in [1.165, 1.54) is 54.7 Å². The maximum atomic E-state index is 13.7. The van der Waals surface area contributed by atoms with E-state index in [4.69, 9.17) is 21.1 Å². The van der Waals surface area contributed by atoms with Gasteiger partial charge in [-0.25, -0.2) is 9.82 Å². The van der Waals surface area contributed by atoms with Gasteiger partial charge in [-0.3, -0.25) is 19.7 Å². The van der Waals surface area contributed by atoms with Crippen LogP contribution in [0.2, 0.25) is 5.02 Å². The van der Waals surface area contributed by atoms with Gasteiger partial charge in [-0.1, -0.05) is 29.8 Å². The standard InChI is InChI=1S/C24H20ClFN4O6/c1-2-35-21-11-15(13-27-29-24(32)16-6-5-7-17(12-16)30(33)34)10-18(25)23(21)36-14-22(31)28-20-9-4-3-8-19(20)26/h3-13H,2,14H2,1H3,(H,28,31)(H,29,32)/b27-13+. The van der Waals surface area contributed by atoms with E-state index in [1.807, 2.05) is 0 Å². The average Bonchev–Trinajstić information content (AvgIpc) is 2.85. The lowest BCUT2D eigenvalue weighted by Gasteiger charge is -2.14. The van der Waals surface area contributed by atoms with Crippen molar-refractivity contribution in [3.63, 3.8) is 0 Å². The molecule has 0 aliphatic heterocycles. The molecule has 0 aromatic heterocycles. The highest BCUT2D eigenvalue weighted by Gasteiger charge is 2.15. The summed E-state index contributed by atoms with van der Waals surface area (Å²) >= 11 is 6.31. The molecular weight excluding hydrogens is 495 g/mol. The first-order valence-electron chi connectivity index (χ1n) is 10.5. The second-order valence-electron chi connectivity index (χ2n) is 7.09. The van der Waals surface area contributed by atoms with Crippen molar-refractivity contribution >= 4 is 41.0 Å². The van der Waals surface area contributed by atoms with Crippen LogP contribution in [-0.4, -0.2) is 36.2 Å². The molecule has 0 aliphatic rings. The summed E-state index contributed by atoms with van der Waals surface area (Å²) in [5, 5.41) is 17.2. The number of amides is 2. The Morgan fingerprint density at radius 3 is 2.64 bits per heavy atom. The Labute approximate surface area is 209 Å². The first-order chi connectivity index (χ1) is 17.3. The number of hydrogen-bond donors (Lipinski definition) is 2. The van der Waals surface area contributed by atoms with Crippen LogP contribution in [-0.2, 0) is 4.79 Å². The molecule has 186 valence electrons. The molecule has 0 aliphatic carbocycles. The Kier molecular flexibility index (Phi) is 8.89. The van der Waals surface area contributed by atoms with Crippen LogP contribution < -0.4 is 20.2 Å². The zero-order valence-corrected chi connectivity index (χ0v) is 19.6. The summed E-state index contributed by atoms with van der Waals surface area (Å²) in [6.07, 6.45) is 1.29. The number of para-hydroxylation sites is 1. The first-order valence-corrected chi connectivity index (χ1v) is 10.9. The topological polar surface area (TPSA) is 132 Å². The molecule has 10 nitrogen and oxygen atoms in total. The fraction of sp³-hybridized carbons (Fsp3) is 0.125. The molecule has 0 saturated carbocycles. The minimum absolute atomic E-state index is 0.0148. The Morgan fingerprint density at radius 1 is 1.14 bits per heavy atom. The molecule has 3 aromatic carbocycles. The van der Waals surface area contributed by atoms with Crippen LogP contribution in [0.15, 0.2) is 65.8 Å². The average molecular weight is 515 g/mol. The molecular formula is C24H20ClFN4O6. The lowest BCUT2D eigenvalue weighted by atomic mass is 10.2. The number of nitro groups is 1. The third-order valence-corrected chi connectivity index (χ3v) is 4.81. The number of hydrogen-bond acceptors (Lipinski definition) is 7. The summed E-state index contributed by atoms with van der Waals surface area (Å²) in [4.78, 5) is 34.7. The quantitative estimate of drug-likeness (QED) is 0.231. The van der Waals surface area contributed by atoms with E-state index in [0.717, 1.165) is 6.07 Å². The van der Waals surface area contributed by atoms with Crippen LogP contribution in [0, 0.1) is 15.9 Å². The second-order valence-corrected chi connectivity index (χ2v) is 7.49. The number of non-ortho nitro benzene ring substituents is 1. The van der Waals surface area contributed by atoms with Crippen molar-refractivity contribution in [1.82, 2.24) is 5.43 Å². The Morgan fingerprint density at radius 2 is 1.92 bits per heavy atom. The number of nitro benzene ring substituents is 1. The lowest BCUT2D eigenvalue weighted by molar-refractivity contribution is -0.384. The fourth-order valence-electron chi connectivity index (χ4n) is 2.94. The van der Waals surface area contributed by atoms with Crippen molar-refractivity contribution in [2.24, 2.45) is 5.10 Å². The summed E-state index contributed by atoms with van der Waals surface area (Å²) < 4.78 is 24.8. The summed E-state index contributed by atoms with van der Waals surface area (Å²) in [6.45, 7) is 1.54. The van der Waals surface area contributed by atoms with E-state index in [2.05, 4.69) is 15.8 Å². The number of nitrogens with one attached hydrogen (secondary N) is 2. The van der Waals surface area contributed by atoms with Crippen molar-refractivity contribution in [3.05, 3.63) is 92.7 Å². The van der Waals surface area contributed by atoms with Gasteiger partial charge < -0.3 is 14.8 Å². The van der Waals surface area contributed by atoms with Gasteiger partial charge in [0.1, 0.15) is 5.82 Å². The van der Waals surface area contributed by atoms with Crippen molar-refractivity contribution in [2.75, 3.05) is 18.5 Å². The van der Waals surface area contributed by atoms with Gasteiger partial charge >= 0.3 is 0 Å². The molecule has 2 amide bonds. The molecule has 0 atom stereocenters. The zero-order chi connectivity index (χ0) is 26.1. The zero-order valence-electron chi connectivity index (χ0n) is 18.9. The number of halogens is 2. The monoisotopic (exact) mass is 514 g/mol. The molecule has 3 rings (SSSR count). The summed E-state index contributed by atoms with van der Waals surface area (Å²) in [5.74, 6) is -1.52. The van der Waals surface area contributed by atoms with E-state index in [0.29, 0.717) is 5.56 Å². The summed E-state index contributed by atoms with van der Waals surface area (Å²) in [7, 11) is 0. The highest BCUT2D eigenvalue weighted by molar-refractivity contribution is 6.32. The minimum atomic E-state index is -0.646. The molecule has 0 fully saturated rings. The van der Waals surface area contributed by atoms with E-state index in [1.54, 1.807) is 13.0 Å². The predicted molar refractivity (Wildman–Crippen MR) is 131 cm³/mol. The molecule has 2 N–H and O–H groups in total. The minimum Gasteiger partial charge on any atom is -0.490 e. The smallest absolute Gasteiger partial charge is 0.271 e. The van der Waals surface area contributed by atoms with E-state index in [9.17, 15) is 24.1 Å². The normalized spacial score (nSPS) is 10.6. The Balaban J connectivity index is 1.67. The Hall–Kier alpha value is -4.51.